The maximum atomic E-state index is 5.52. The van der Waals surface area contributed by atoms with Gasteiger partial charge in [0, 0.05) is 5.33 Å². The molecule has 0 atom stereocenters. The number of nitrogens with two attached hydrogens (primary N) is 1. The van der Waals surface area contributed by atoms with Gasteiger partial charge >= 0.3 is 0 Å². The SMILES string of the molecule is Nc1ccc(CBr)nc1Br. The third kappa shape index (κ3) is 1.70. The second kappa shape index (κ2) is 3.34. The zero-order valence-corrected chi connectivity index (χ0v) is 8.31. The van der Waals surface area contributed by atoms with Crippen molar-refractivity contribution in [1.82, 2.24) is 4.98 Å². The van der Waals surface area contributed by atoms with Gasteiger partial charge in [0.1, 0.15) is 4.60 Å². The van der Waals surface area contributed by atoms with Crippen LogP contribution in [0, 0.1) is 0 Å². The van der Waals surface area contributed by atoms with Gasteiger partial charge in [-0.05, 0) is 28.1 Å². The summed E-state index contributed by atoms with van der Waals surface area (Å²) >= 11 is 6.52. The van der Waals surface area contributed by atoms with Crippen LogP contribution in [-0.4, -0.2) is 4.98 Å². The summed E-state index contributed by atoms with van der Waals surface area (Å²) in [5.74, 6) is 0. The largest absolute Gasteiger partial charge is 0.397 e. The van der Waals surface area contributed by atoms with Gasteiger partial charge < -0.3 is 5.73 Å². The van der Waals surface area contributed by atoms with Crippen LogP contribution in [0.2, 0.25) is 0 Å². The Labute approximate surface area is 76.1 Å². The first-order chi connectivity index (χ1) is 4.74. The number of alkyl halides is 1. The van der Waals surface area contributed by atoms with Crippen molar-refractivity contribution in [2.24, 2.45) is 0 Å². The van der Waals surface area contributed by atoms with Gasteiger partial charge in [0.25, 0.3) is 0 Å². The summed E-state index contributed by atoms with van der Waals surface area (Å²) < 4.78 is 0.712. The van der Waals surface area contributed by atoms with Gasteiger partial charge in [-0.3, -0.25) is 0 Å². The van der Waals surface area contributed by atoms with Crippen molar-refractivity contribution in [1.29, 1.82) is 0 Å². The Morgan fingerprint density at radius 3 is 2.70 bits per heavy atom. The predicted molar refractivity (Wildman–Crippen MR) is 49.0 cm³/mol. The molecule has 0 aromatic carbocycles. The second-order valence-corrected chi connectivity index (χ2v) is 3.13. The van der Waals surface area contributed by atoms with Gasteiger partial charge in [0.05, 0.1) is 11.4 Å². The van der Waals surface area contributed by atoms with Crippen LogP contribution in [0.5, 0.6) is 0 Å². The summed E-state index contributed by atoms with van der Waals surface area (Å²) in [7, 11) is 0. The van der Waals surface area contributed by atoms with E-state index in [1.54, 1.807) is 0 Å². The maximum Gasteiger partial charge on any atom is 0.129 e. The van der Waals surface area contributed by atoms with Crippen molar-refractivity contribution in [2.75, 3.05) is 5.73 Å². The molecule has 1 aromatic heterocycles. The number of halogens is 2. The molecule has 2 nitrogen and oxygen atoms in total. The highest BCUT2D eigenvalue weighted by Crippen LogP contribution is 2.17. The first-order valence-electron chi connectivity index (χ1n) is 2.71. The third-order valence-corrected chi connectivity index (χ3v) is 2.28. The summed E-state index contributed by atoms with van der Waals surface area (Å²) in [6.07, 6.45) is 0. The van der Waals surface area contributed by atoms with Crippen LogP contribution in [0.4, 0.5) is 5.69 Å². The van der Waals surface area contributed by atoms with E-state index < -0.39 is 0 Å². The van der Waals surface area contributed by atoms with E-state index in [2.05, 4.69) is 36.8 Å². The Bertz CT molecular complexity index is 237. The van der Waals surface area contributed by atoms with Crippen molar-refractivity contribution in [3.05, 3.63) is 22.4 Å². The van der Waals surface area contributed by atoms with Crippen molar-refractivity contribution in [3.8, 4) is 0 Å². The highest BCUT2D eigenvalue weighted by Gasteiger charge is 1.96. The Morgan fingerprint density at radius 1 is 1.50 bits per heavy atom. The average Bonchev–Trinajstić information content (AvgIpc) is 1.95. The summed E-state index contributed by atoms with van der Waals surface area (Å²) in [6, 6.07) is 3.71. The molecule has 0 saturated heterocycles. The maximum absolute atomic E-state index is 5.52. The van der Waals surface area contributed by atoms with Crippen LogP contribution in [0.3, 0.4) is 0 Å². The second-order valence-electron chi connectivity index (χ2n) is 1.82. The molecular weight excluding hydrogens is 260 g/mol. The van der Waals surface area contributed by atoms with Gasteiger partial charge in [0.15, 0.2) is 0 Å². The Morgan fingerprint density at radius 2 is 2.20 bits per heavy atom. The average molecular weight is 266 g/mol. The molecule has 1 aromatic rings. The summed E-state index contributed by atoms with van der Waals surface area (Å²) in [5, 5.41) is 0.756. The molecule has 1 heterocycles. The molecule has 0 aliphatic carbocycles. The summed E-state index contributed by atoms with van der Waals surface area (Å²) in [6.45, 7) is 0. The minimum atomic E-state index is 0.671. The van der Waals surface area contributed by atoms with E-state index in [4.69, 9.17) is 5.73 Å². The highest BCUT2D eigenvalue weighted by molar-refractivity contribution is 9.10. The van der Waals surface area contributed by atoms with Crippen molar-refractivity contribution < 1.29 is 0 Å². The normalized spacial score (nSPS) is 9.80. The zero-order chi connectivity index (χ0) is 7.56. The van der Waals surface area contributed by atoms with Crippen LogP contribution >= 0.6 is 31.9 Å². The molecular formula is C6H6Br2N2. The van der Waals surface area contributed by atoms with Crippen LogP contribution in [0.25, 0.3) is 0 Å². The van der Waals surface area contributed by atoms with Crippen LogP contribution < -0.4 is 5.73 Å². The number of anilines is 1. The molecule has 54 valence electrons. The fraction of sp³-hybridized carbons (Fsp3) is 0.167. The van der Waals surface area contributed by atoms with Gasteiger partial charge in [-0.15, -0.1) is 0 Å². The number of hydrogen-bond donors (Lipinski definition) is 1. The van der Waals surface area contributed by atoms with E-state index in [1.165, 1.54) is 0 Å². The zero-order valence-electron chi connectivity index (χ0n) is 5.14. The lowest BCUT2D eigenvalue weighted by Crippen LogP contribution is -1.91. The summed E-state index contributed by atoms with van der Waals surface area (Å²) in [4.78, 5) is 4.14. The van der Waals surface area contributed by atoms with E-state index in [0.717, 1.165) is 11.0 Å². The van der Waals surface area contributed by atoms with Gasteiger partial charge in [-0.2, -0.15) is 0 Å². The van der Waals surface area contributed by atoms with Crippen LogP contribution in [-0.2, 0) is 5.33 Å². The fourth-order valence-electron chi connectivity index (χ4n) is 0.557. The quantitative estimate of drug-likeness (QED) is 0.625. The predicted octanol–water partition coefficient (Wildman–Crippen LogP) is 2.32. The monoisotopic (exact) mass is 264 g/mol. The molecule has 0 amide bonds. The van der Waals surface area contributed by atoms with Crippen molar-refractivity contribution in [3.63, 3.8) is 0 Å². The number of aromatic nitrogens is 1. The fourth-order valence-corrected chi connectivity index (χ4v) is 1.23. The Kier molecular flexibility index (Phi) is 2.68. The number of nitrogens with zero attached hydrogens (tertiary/aromatic N) is 1. The topological polar surface area (TPSA) is 38.9 Å². The minimum absolute atomic E-state index is 0.671. The number of pyridine rings is 1. The molecule has 1 rings (SSSR count). The van der Waals surface area contributed by atoms with E-state index in [1.807, 2.05) is 12.1 Å². The molecule has 0 radical (unpaired) electrons. The van der Waals surface area contributed by atoms with Crippen LogP contribution in [0.15, 0.2) is 16.7 Å². The molecule has 0 aliphatic heterocycles. The molecule has 0 saturated carbocycles. The molecule has 0 aliphatic rings. The minimum Gasteiger partial charge on any atom is -0.397 e. The van der Waals surface area contributed by atoms with E-state index in [0.29, 0.717) is 10.3 Å². The lowest BCUT2D eigenvalue weighted by molar-refractivity contribution is 1.16. The van der Waals surface area contributed by atoms with Crippen LogP contribution in [0.1, 0.15) is 5.69 Å². The molecule has 10 heavy (non-hydrogen) atoms. The Hall–Kier alpha value is -0.0900. The van der Waals surface area contributed by atoms with Crippen molar-refractivity contribution >= 4 is 37.5 Å². The van der Waals surface area contributed by atoms with E-state index >= 15 is 0 Å². The molecule has 0 bridgehead atoms. The Balaban J connectivity index is 3.04. The number of hydrogen-bond acceptors (Lipinski definition) is 2. The van der Waals surface area contributed by atoms with Gasteiger partial charge in [0.2, 0.25) is 0 Å². The molecule has 0 unspecified atom stereocenters. The van der Waals surface area contributed by atoms with Gasteiger partial charge in [-0.1, -0.05) is 15.9 Å². The number of rotatable bonds is 1. The van der Waals surface area contributed by atoms with Gasteiger partial charge in [-0.25, -0.2) is 4.98 Å². The number of nitrogen functional groups attached to an aromatic ring is 1. The molecule has 4 heteroatoms. The van der Waals surface area contributed by atoms with E-state index in [-0.39, 0.29) is 0 Å². The lowest BCUT2D eigenvalue weighted by atomic mass is 10.3. The lowest BCUT2D eigenvalue weighted by Gasteiger charge is -1.97. The molecule has 2 N–H and O–H groups in total. The first-order valence-corrected chi connectivity index (χ1v) is 4.62. The smallest absolute Gasteiger partial charge is 0.129 e. The first kappa shape index (κ1) is 8.01. The van der Waals surface area contributed by atoms with Crippen molar-refractivity contribution in [2.45, 2.75) is 5.33 Å². The third-order valence-electron chi connectivity index (χ3n) is 1.07. The molecule has 0 spiro atoms. The highest BCUT2D eigenvalue weighted by atomic mass is 79.9. The van der Waals surface area contributed by atoms with E-state index in [9.17, 15) is 0 Å². The molecule has 0 fully saturated rings. The summed E-state index contributed by atoms with van der Waals surface area (Å²) in [5.41, 5.74) is 7.16. The standard InChI is InChI=1S/C6H6Br2N2/c7-3-4-1-2-5(9)6(8)10-4/h1-2H,3,9H2.